The first-order valence-corrected chi connectivity index (χ1v) is 7.27. The summed E-state index contributed by atoms with van der Waals surface area (Å²) in [6.07, 6.45) is 3.78. The molecule has 1 aliphatic heterocycles. The van der Waals surface area contributed by atoms with Crippen molar-refractivity contribution < 1.29 is 4.74 Å². The van der Waals surface area contributed by atoms with E-state index in [1.54, 1.807) is 6.20 Å². The van der Waals surface area contributed by atoms with Crippen LogP contribution in [-0.4, -0.2) is 39.8 Å². The van der Waals surface area contributed by atoms with Gasteiger partial charge in [0.1, 0.15) is 0 Å². The van der Waals surface area contributed by atoms with Gasteiger partial charge in [-0.15, -0.1) is 0 Å². The van der Waals surface area contributed by atoms with E-state index < -0.39 is 0 Å². The topological polar surface area (TPSA) is 56.9 Å². The Labute approximate surface area is 122 Å². The molecule has 5 heteroatoms. The number of ether oxygens (including phenoxy) is 1. The van der Waals surface area contributed by atoms with Crippen LogP contribution in [0.25, 0.3) is 10.9 Å². The predicted molar refractivity (Wildman–Crippen MR) is 80.9 cm³/mol. The fourth-order valence-corrected chi connectivity index (χ4v) is 2.99. The van der Waals surface area contributed by atoms with E-state index in [9.17, 15) is 0 Å². The summed E-state index contributed by atoms with van der Waals surface area (Å²) >= 11 is 0. The van der Waals surface area contributed by atoms with Crippen LogP contribution < -0.4 is 0 Å². The number of morpholine rings is 1. The average molecular weight is 282 g/mol. The van der Waals surface area contributed by atoms with Crippen molar-refractivity contribution in [2.45, 2.75) is 12.6 Å². The average Bonchev–Trinajstić information content (AvgIpc) is 3.19. The van der Waals surface area contributed by atoms with E-state index in [1.807, 2.05) is 12.3 Å². The lowest BCUT2D eigenvalue weighted by atomic mass is 10.1. The third kappa shape index (κ3) is 2.46. The van der Waals surface area contributed by atoms with Crippen LogP contribution in [0.4, 0.5) is 0 Å². The van der Waals surface area contributed by atoms with Gasteiger partial charge < -0.3 is 9.72 Å². The van der Waals surface area contributed by atoms with Gasteiger partial charge in [0.25, 0.3) is 0 Å². The SMILES string of the molecule is c1cc([C@@H]2COCCN2Cc2ccc3cc[nH]c3c2)[nH]n1. The van der Waals surface area contributed by atoms with Crippen LogP contribution in [0.15, 0.2) is 42.7 Å². The number of aromatic amines is 2. The third-order valence-electron chi connectivity index (χ3n) is 4.13. The highest BCUT2D eigenvalue weighted by Crippen LogP contribution is 2.25. The normalized spacial score (nSPS) is 20.1. The molecule has 3 heterocycles. The largest absolute Gasteiger partial charge is 0.378 e. The van der Waals surface area contributed by atoms with Crippen LogP contribution in [0.2, 0.25) is 0 Å². The van der Waals surface area contributed by atoms with Crippen LogP contribution in [0.5, 0.6) is 0 Å². The lowest BCUT2D eigenvalue weighted by molar-refractivity contribution is -0.0142. The highest BCUT2D eigenvalue weighted by atomic mass is 16.5. The minimum atomic E-state index is 0.251. The van der Waals surface area contributed by atoms with E-state index in [0.717, 1.165) is 25.4 Å². The van der Waals surface area contributed by atoms with Gasteiger partial charge in [-0.2, -0.15) is 5.10 Å². The van der Waals surface area contributed by atoms with Crippen LogP contribution in [0, 0.1) is 0 Å². The molecule has 5 nitrogen and oxygen atoms in total. The molecule has 0 amide bonds. The Bertz CT molecular complexity index is 719. The zero-order valence-electron chi connectivity index (χ0n) is 11.7. The van der Waals surface area contributed by atoms with E-state index in [4.69, 9.17) is 4.74 Å². The van der Waals surface area contributed by atoms with Crippen molar-refractivity contribution in [3.8, 4) is 0 Å². The Balaban J connectivity index is 1.58. The summed E-state index contributed by atoms with van der Waals surface area (Å²) in [6.45, 7) is 3.36. The standard InChI is InChI=1S/C16H18N4O/c1-2-13-3-5-17-15(13)9-12(1)10-20-7-8-21-11-16(20)14-4-6-18-19-14/h1-6,9,16-17H,7-8,10-11H2,(H,18,19)/t16-/m0/s1. The van der Waals surface area contributed by atoms with Gasteiger partial charge in [0.05, 0.1) is 24.9 Å². The summed E-state index contributed by atoms with van der Waals surface area (Å²) in [6, 6.07) is 11.0. The molecule has 1 atom stereocenters. The van der Waals surface area contributed by atoms with Crippen molar-refractivity contribution in [1.29, 1.82) is 0 Å². The number of rotatable bonds is 3. The van der Waals surface area contributed by atoms with Crippen molar-refractivity contribution in [2.24, 2.45) is 0 Å². The minimum absolute atomic E-state index is 0.251. The fourth-order valence-electron chi connectivity index (χ4n) is 2.99. The molecule has 0 unspecified atom stereocenters. The van der Waals surface area contributed by atoms with Crippen molar-refractivity contribution in [1.82, 2.24) is 20.1 Å². The van der Waals surface area contributed by atoms with Crippen LogP contribution in [0.3, 0.4) is 0 Å². The Morgan fingerprint density at radius 2 is 2.29 bits per heavy atom. The first-order valence-electron chi connectivity index (χ1n) is 7.27. The molecule has 21 heavy (non-hydrogen) atoms. The van der Waals surface area contributed by atoms with E-state index in [-0.39, 0.29) is 6.04 Å². The number of fused-ring (bicyclic) bond motifs is 1. The first kappa shape index (κ1) is 12.6. The molecule has 1 aliphatic rings. The van der Waals surface area contributed by atoms with Gasteiger partial charge in [-0.05, 0) is 29.1 Å². The number of hydrogen-bond donors (Lipinski definition) is 2. The van der Waals surface area contributed by atoms with Crippen molar-refractivity contribution in [2.75, 3.05) is 19.8 Å². The van der Waals surface area contributed by atoms with Gasteiger partial charge in [0.2, 0.25) is 0 Å². The summed E-state index contributed by atoms with van der Waals surface area (Å²) in [5, 5.41) is 8.39. The molecule has 0 bridgehead atoms. The van der Waals surface area contributed by atoms with Crippen molar-refractivity contribution in [3.05, 3.63) is 54.0 Å². The number of hydrogen-bond acceptors (Lipinski definition) is 3. The smallest absolute Gasteiger partial charge is 0.0755 e. The zero-order chi connectivity index (χ0) is 14.1. The third-order valence-corrected chi connectivity index (χ3v) is 4.13. The number of benzene rings is 1. The molecular formula is C16H18N4O. The van der Waals surface area contributed by atoms with Gasteiger partial charge in [0, 0.05) is 31.0 Å². The molecule has 2 N–H and O–H groups in total. The molecule has 4 rings (SSSR count). The van der Waals surface area contributed by atoms with E-state index >= 15 is 0 Å². The zero-order valence-corrected chi connectivity index (χ0v) is 11.7. The first-order chi connectivity index (χ1) is 10.4. The Morgan fingerprint density at radius 1 is 1.29 bits per heavy atom. The monoisotopic (exact) mass is 282 g/mol. The number of nitrogens with one attached hydrogen (secondary N) is 2. The van der Waals surface area contributed by atoms with E-state index in [2.05, 4.69) is 44.3 Å². The van der Waals surface area contributed by atoms with Crippen LogP contribution >= 0.6 is 0 Å². The molecule has 1 aromatic carbocycles. The van der Waals surface area contributed by atoms with Gasteiger partial charge in [0.15, 0.2) is 0 Å². The van der Waals surface area contributed by atoms with E-state index in [1.165, 1.54) is 16.5 Å². The maximum absolute atomic E-state index is 5.64. The van der Waals surface area contributed by atoms with Crippen molar-refractivity contribution >= 4 is 10.9 Å². The molecular weight excluding hydrogens is 264 g/mol. The molecule has 0 saturated carbocycles. The molecule has 1 saturated heterocycles. The summed E-state index contributed by atoms with van der Waals surface area (Å²) in [5.41, 5.74) is 3.63. The van der Waals surface area contributed by atoms with Crippen molar-refractivity contribution in [3.63, 3.8) is 0 Å². The fraction of sp³-hybridized carbons (Fsp3) is 0.312. The van der Waals surface area contributed by atoms with Crippen LogP contribution in [-0.2, 0) is 11.3 Å². The highest BCUT2D eigenvalue weighted by Gasteiger charge is 2.25. The quantitative estimate of drug-likeness (QED) is 0.776. The number of nitrogens with zero attached hydrogens (tertiary/aromatic N) is 2. The molecule has 108 valence electrons. The minimum Gasteiger partial charge on any atom is -0.378 e. The molecule has 0 aliphatic carbocycles. The second-order valence-corrected chi connectivity index (χ2v) is 5.47. The number of H-pyrrole nitrogens is 2. The van der Waals surface area contributed by atoms with Gasteiger partial charge in [-0.1, -0.05) is 12.1 Å². The van der Waals surface area contributed by atoms with Gasteiger partial charge in [-0.25, -0.2) is 0 Å². The Hall–Kier alpha value is -2.11. The second kappa shape index (κ2) is 5.35. The van der Waals surface area contributed by atoms with Gasteiger partial charge >= 0.3 is 0 Å². The Morgan fingerprint density at radius 3 is 3.19 bits per heavy atom. The lowest BCUT2D eigenvalue weighted by Gasteiger charge is -2.34. The van der Waals surface area contributed by atoms with Gasteiger partial charge in [-0.3, -0.25) is 10.00 Å². The molecule has 3 aromatic rings. The maximum Gasteiger partial charge on any atom is 0.0755 e. The highest BCUT2D eigenvalue weighted by molar-refractivity contribution is 5.79. The molecule has 0 radical (unpaired) electrons. The van der Waals surface area contributed by atoms with Crippen LogP contribution in [0.1, 0.15) is 17.3 Å². The summed E-state index contributed by atoms with van der Waals surface area (Å²) in [4.78, 5) is 5.72. The summed E-state index contributed by atoms with van der Waals surface area (Å²) < 4.78 is 5.64. The Kier molecular flexibility index (Phi) is 3.21. The molecule has 1 fully saturated rings. The second-order valence-electron chi connectivity index (χ2n) is 5.47. The predicted octanol–water partition coefficient (Wildman–Crippen LogP) is 2.46. The summed E-state index contributed by atoms with van der Waals surface area (Å²) in [5.74, 6) is 0. The number of aromatic nitrogens is 3. The molecule has 0 spiro atoms. The lowest BCUT2D eigenvalue weighted by Crippen LogP contribution is -2.39. The molecule has 2 aromatic heterocycles. The maximum atomic E-state index is 5.64. The summed E-state index contributed by atoms with van der Waals surface area (Å²) in [7, 11) is 0. The van der Waals surface area contributed by atoms with E-state index in [0.29, 0.717) is 6.61 Å².